The van der Waals surface area contributed by atoms with Crippen molar-refractivity contribution in [2.45, 2.75) is 31.2 Å². The Morgan fingerprint density at radius 2 is 1.91 bits per heavy atom. The van der Waals surface area contributed by atoms with E-state index in [0.29, 0.717) is 0 Å². The van der Waals surface area contributed by atoms with Gasteiger partial charge in [0, 0.05) is 20.2 Å². The average Bonchev–Trinajstić information content (AvgIpc) is 2.88. The van der Waals surface area contributed by atoms with Crippen LogP contribution in [0.1, 0.15) is 29.7 Å². The Morgan fingerprint density at radius 3 is 2.70 bits per heavy atom. The molecule has 1 heterocycles. The Balaban J connectivity index is 0.00000156. The number of aromatic amines is 1. The molecule has 1 unspecified atom stereocenters. The minimum Gasteiger partial charge on any atom is -0.357 e. The van der Waals surface area contributed by atoms with Crippen LogP contribution in [0.5, 0.6) is 0 Å². The van der Waals surface area contributed by atoms with Gasteiger partial charge in [0.15, 0.2) is 0 Å². The Labute approximate surface area is 156 Å². The SMILES string of the molecule is Cl.NC1(Cc2ccccc2)CCCc2c1[nH]c1ccc(I)cc21. The van der Waals surface area contributed by atoms with Gasteiger partial charge >= 0.3 is 0 Å². The summed E-state index contributed by atoms with van der Waals surface area (Å²) in [5, 5.41) is 1.35. The first-order valence-electron chi connectivity index (χ1n) is 7.79. The van der Waals surface area contributed by atoms with Crippen LogP contribution in [0.3, 0.4) is 0 Å². The van der Waals surface area contributed by atoms with Crippen LogP contribution in [0.25, 0.3) is 10.9 Å². The van der Waals surface area contributed by atoms with Crippen LogP contribution < -0.4 is 5.73 Å². The normalized spacial score (nSPS) is 20.1. The summed E-state index contributed by atoms with van der Waals surface area (Å²) in [7, 11) is 0. The van der Waals surface area contributed by atoms with E-state index in [2.05, 4.69) is 76.1 Å². The minimum atomic E-state index is -0.278. The molecule has 0 spiro atoms. The zero-order valence-electron chi connectivity index (χ0n) is 12.8. The Hall–Kier alpha value is -1.04. The first kappa shape index (κ1) is 16.8. The summed E-state index contributed by atoms with van der Waals surface area (Å²) in [5.41, 5.74) is 11.8. The van der Waals surface area contributed by atoms with Crippen molar-refractivity contribution < 1.29 is 0 Å². The molecule has 0 bridgehead atoms. The molecule has 2 nitrogen and oxygen atoms in total. The summed E-state index contributed by atoms with van der Waals surface area (Å²) in [4.78, 5) is 3.63. The molecule has 120 valence electrons. The molecule has 0 saturated carbocycles. The highest BCUT2D eigenvalue weighted by molar-refractivity contribution is 14.1. The molecule has 1 aromatic heterocycles. The number of nitrogens with two attached hydrogens (primary N) is 1. The van der Waals surface area contributed by atoms with Crippen LogP contribution in [0.2, 0.25) is 0 Å². The monoisotopic (exact) mass is 438 g/mol. The van der Waals surface area contributed by atoms with E-state index in [1.165, 1.54) is 31.3 Å². The maximum Gasteiger partial charge on any atom is 0.0605 e. The number of fused-ring (bicyclic) bond motifs is 3. The number of aryl methyl sites for hydroxylation is 1. The molecular weight excluding hydrogens is 419 g/mol. The molecule has 1 aliphatic rings. The lowest BCUT2D eigenvalue weighted by atomic mass is 9.77. The van der Waals surface area contributed by atoms with Gasteiger partial charge in [0.05, 0.1) is 5.54 Å². The molecule has 2 aromatic carbocycles. The summed E-state index contributed by atoms with van der Waals surface area (Å²) in [5.74, 6) is 0. The summed E-state index contributed by atoms with van der Waals surface area (Å²) < 4.78 is 1.28. The predicted molar refractivity (Wildman–Crippen MR) is 107 cm³/mol. The molecule has 4 heteroatoms. The lowest BCUT2D eigenvalue weighted by Crippen LogP contribution is -2.42. The van der Waals surface area contributed by atoms with Gasteiger partial charge in [-0.15, -0.1) is 12.4 Å². The fourth-order valence-electron chi connectivity index (χ4n) is 3.75. The molecule has 0 amide bonds. The fraction of sp³-hybridized carbons (Fsp3) is 0.263. The summed E-state index contributed by atoms with van der Waals surface area (Å²) in [6.45, 7) is 0. The Morgan fingerprint density at radius 1 is 1.13 bits per heavy atom. The van der Waals surface area contributed by atoms with Gasteiger partial charge in [0.25, 0.3) is 0 Å². The highest BCUT2D eigenvalue weighted by Gasteiger charge is 2.35. The van der Waals surface area contributed by atoms with Crippen LogP contribution in [0.4, 0.5) is 0 Å². The van der Waals surface area contributed by atoms with Crippen molar-refractivity contribution >= 4 is 45.9 Å². The van der Waals surface area contributed by atoms with Crippen molar-refractivity contribution in [3.63, 3.8) is 0 Å². The van der Waals surface area contributed by atoms with E-state index >= 15 is 0 Å². The molecule has 0 aliphatic heterocycles. The minimum absolute atomic E-state index is 0. The maximum atomic E-state index is 6.87. The van der Waals surface area contributed by atoms with Gasteiger partial charge in [0.1, 0.15) is 0 Å². The molecule has 1 aliphatic carbocycles. The van der Waals surface area contributed by atoms with E-state index in [9.17, 15) is 0 Å². The lowest BCUT2D eigenvalue weighted by molar-refractivity contribution is 0.362. The standard InChI is InChI=1S/C19H19IN2.ClH/c20-14-8-9-17-16(11-14)15-7-4-10-19(21,18(15)22-17)12-13-5-2-1-3-6-13;/h1-3,5-6,8-9,11,22H,4,7,10,12,21H2;1H. The van der Waals surface area contributed by atoms with E-state index < -0.39 is 0 Å². The van der Waals surface area contributed by atoms with Crippen LogP contribution in [0, 0.1) is 3.57 Å². The number of hydrogen-bond acceptors (Lipinski definition) is 1. The van der Waals surface area contributed by atoms with E-state index in [-0.39, 0.29) is 17.9 Å². The van der Waals surface area contributed by atoms with E-state index in [0.717, 1.165) is 25.7 Å². The van der Waals surface area contributed by atoms with E-state index in [4.69, 9.17) is 5.73 Å². The lowest BCUT2D eigenvalue weighted by Gasteiger charge is -2.34. The number of rotatable bonds is 2. The first-order valence-corrected chi connectivity index (χ1v) is 8.87. The van der Waals surface area contributed by atoms with Crippen LogP contribution >= 0.6 is 35.0 Å². The predicted octanol–water partition coefficient (Wildman–Crippen LogP) is 4.93. The van der Waals surface area contributed by atoms with Crippen LogP contribution in [-0.2, 0) is 18.4 Å². The molecule has 0 radical (unpaired) electrons. The van der Waals surface area contributed by atoms with Crippen molar-refractivity contribution in [2.75, 3.05) is 0 Å². The van der Waals surface area contributed by atoms with Gasteiger partial charge in [0.2, 0.25) is 0 Å². The van der Waals surface area contributed by atoms with Gasteiger partial charge < -0.3 is 10.7 Å². The fourth-order valence-corrected chi connectivity index (χ4v) is 4.24. The first-order chi connectivity index (χ1) is 10.7. The zero-order valence-corrected chi connectivity index (χ0v) is 15.8. The van der Waals surface area contributed by atoms with Gasteiger partial charge in [-0.1, -0.05) is 30.3 Å². The van der Waals surface area contributed by atoms with Crippen molar-refractivity contribution in [1.82, 2.24) is 4.98 Å². The van der Waals surface area contributed by atoms with Crippen molar-refractivity contribution in [2.24, 2.45) is 5.73 Å². The van der Waals surface area contributed by atoms with Crippen molar-refractivity contribution in [3.05, 3.63) is 68.9 Å². The second-order valence-electron chi connectivity index (χ2n) is 6.34. The highest BCUT2D eigenvalue weighted by atomic mass is 127. The molecule has 0 fully saturated rings. The van der Waals surface area contributed by atoms with Gasteiger partial charge in [-0.3, -0.25) is 0 Å². The molecular formula is C19H20ClIN2. The summed E-state index contributed by atoms with van der Waals surface area (Å²) in [6.07, 6.45) is 4.22. The quantitative estimate of drug-likeness (QED) is 0.548. The zero-order chi connectivity index (χ0) is 15.2. The Bertz CT molecular complexity index is 828. The molecule has 1 atom stereocenters. The number of nitrogens with one attached hydrogen (secondary N) is 1. The van der Waals surface area contributed by atoms with Crippen molar-refractivity contribution in [1.29, 1.82) is 0 Å². The third kappa shape index (κ3) is 3.02. The largest absolute Gasteiger partial charge is 0.357 e. The number of H-pyrrole nitrogens is 1. The average molecular weight is 439 g/mol. The third-order valence-electron chi connectivity index (χ3n) is 4.78. The number of aromatic nitrogens is 1. The van der Waals surface area contributed by atoms with Gasteiger partial charge in [-0.2, -0.15) is 0 Å². The second-order valence-corrected chi connectivity index (χ2v) is 7.59. The molecule has 4 rings (SSSR count). The third-order valence-corrected chi connectivity index (χ3v) is 5.45. The highest BCUT2D eigenvalue weighted by Crippen LogP contribution is 2.39. The maximum absolute atomic E-state index is 6.87. The molecule has 23 heavy (non-hydrogen) atoms. The molecule has 3 aromatic rings. The van der Waals surface area contributed by atoms with Gasteiger partial charge in [-0.05, 0) is 77.6 Å². The van der Waals surface area contributed by atoms with Crippen LogP contribution in [-0.4, -0.2) is 4.98 Å². The molecule has 3 N–H and O–H groups in total. The van der Waals surface area contributed by atoms with Crippen molar-refractivity contribution in [3.8, 4) is 0 Å². The number of hydrogen-bond donors (Lipinski definition) is 2. The smallest absolute Gasteiger partial charge is 0.0605 e. The van der Waals surface area contributed by atoms with Crippen LogP contribution in [0.15, 0.2) is 48.5 Å². The topological polar surface area (TPSA) is 41.8 Å². The molecule has 0 saturated heterocycles. The summed E-state index contributed by atoms with van der Waals surface area (Å²) in [6, 6.07) is 17.2. The Kier molecular flexibility index (Phi) is 4.72. The van der Waals surface area contributed by atoms with E-state index in [1.807, 2.05) is 0 Å². The van der Waals surface area contributed by atoms with Gasteiger partial charge in [-0.25, -0.2) is 0 Å². The second kappa shape index (κ2) is 6.46. The number of halogens is 2. The summed E-state index contributed by atoms with van der Waals surface area (Å²) >= 11 is 2.38. The number of benzene rings is 2. The van der Waals surface area contributed by atoms with E-state index in [1.54, 1.807) is 0 Å².